The van der Waals surface area contributed by atoms with Crippen molar-refractivity contribution >= 4 is 22.6 Å². The summed E-state index contributed by atoms with van der Waals surface area (Å²) >= 11 is 6.51. The summed E-state index contributed by atoms with van der Waals surface area (Å²) in [6.07, 6.45) is 5.65. The molecule has 1 fully saturated rings. The van der Waals surface area contributed by atoms with Gasteiger partial charge in [-0.15, -0.1) is 0 Å². The topological polar surface area (TPSA) is 35.0 Å². The van der Waals surface area contributed by atoms with Gasteiger partial charge in [-0.1, -0.05) is 11.6 Å². The molecule has 0 atom stereocenters. The van der Waals surface area contributed by atoms with Crippen molar-refractivity contribution in [1.29, 1.82) is 0 Å². The van der Waals surface area contributed by atoms with Gasteiger partial charge in [-0.05, 0) is 49.7 Å². The molecule has 2 aliphatic carbocycles. The number of ether oxygens (including phenoxy) is 1. The molecule has 0 aromatic carbocycles. The van der Waals surface area contributed by atoms with Gasteiger partial charge in [-0.25, -0.2) is 4.98 Å². The van der Waals surface area contributed by atoms with Gasteiger partial charge in [0.2, 0.25) is 5.88 Å². The van der Waals surface area contributed by atoms with E-state index in [0.717, 1.165) is 46.9 Å². The molecular weight excluding hydrogens is 260 g/mol. The van der Waals surface area contributed by atoms with Crippen LogP contribution in [0, 0.1) is 0 Å². The lowest BCUT2D eigenvalue weighted by atomic mass is 10.1. The van der Waals surface area contributed by atoms with E-state index in [0.29, 0.717) is 5.92 Å². The number of aryl methyl sites for hydroxylation is 1. The zero-order valence-corrected chi connectivity index (χ0v) is 11.6. The molecule has 1 saturated carbocycles. The van der Waals surface area contributed by atoms with Crippen molar-refractivity contribution in [2.45, 2.75) is 38.0 Å². The second-order valence-electron chi connectivity index (χ2n) is 5.43. The normalized spacial score (nSPS) is 17.8. The maximum absolute atomic E-state index is 6.51. The van der Waals surface area contributed by atoms with E-state index >= 15 is 0 Å². The number of hydrogen-bond donors (Lipinski definition) is 0. The third-order valence-electron chi connectivity index (χ3n) is 4.12. The van der Waals surface area contributed by atoms with Gasteiger partial charge in [-0.3, -0.25) is 4.98 Å². The Balaban J connectivity index is 2.01. The van der Waals surface area contributed by atoms with E-state index in [1.165, 1.54) is 24.0 Å². The van der Waals surface area contributed by atoms with Gasteiger partial charge in [-0.2, -0.15) is 0 Å². The molecule has 0 amide bonds. The minimum Gasteiger partial charge on any atom is -0.481 e. The first-order valence-corrected chi connectivity index (χ1v) is 7.21. The number of nitrogens with zero attached hydrogens (tertiary/aromatic N) is 2. The van der Waals surface area contributed by atoms with Crippen LogP contribution in [-0.2, 0) is 12.8 Å². The predicted molar refractivity (Wildman–Crippen MR) is 75.1 cm³/mol. The molecule has 0 unspecified atom stereocenters. The number of methoxy groups -OCH3 is 1. The van der Waals surface area contributed by atoms with E-state index in [4.69, 9.17) is 21.3 Å². The molecule has 19 heavy (non-hydrogen) atoms. The molecule has 0 spiro atoms. The van der Waals surface area contributed by atoms with Crippen LogP contribution in [0.4, 0.5) is 0 Å². The molecule has 0 radical (unpaired) electrons. The highest BCUT2D eigenvalue weighted by atomic mass is 35.5. The Kier molecular flexibility index (Phi) is 2.46. The maximum Gasteiger partial charge on any atom is 0.217 e. The van der Waals surface area contributed by atoms with Crippen LogP contribution in [0.2, 0.25) is 5.02 Å². The second-order valence-corrected chi connectivity index (χ2v) is 5.81. The maximum atomic E-state index is 6.51. The van der Waals surface area contributed by atoms with Crippen molar-refractivity contribution < 1.29 is 4.74 Å². The van der Waals surface area contributed by atoms with Crippen molar-refractivity contribution in [3.05, 3.63) is 27.9 Å². The first kappa shape index (κ1) is 11.5. The van der Waals surface area contributed by atoms with E-state index in [9.17, 15) is 0 Å². The van der Waals surface area contributed by atoms with Gasteiger partial charge < -0.3 is 4.74 Å². The van der Waals surface area contributed by atoms with E-state index in [1.54, 1.807) is 7.11 Å². The number of hydrogen-bond acceptors (Lipinski definition) is 3. The Bertz CT molecular complexity index is 680. The molecule has 4 rings (SSSR count). The second kappa shape index (κ2) is 4.07. The molecule has 98 valence electrons. The quantitative estimate of drug-likeness (QED) is 0.838. The number of rotatable bonds is 2. The SMILES string of the molecule is COc1nc2c(Cl)c3c(nc2cc1C1CC1)CCC3. The highest BCUT2D eigenvalue weighted by Crippen LogP contribution is 2.45. The van der Waals surface area contributed by atoms with Gasteiger partial charge in [0.1, 0.15) is 5.52 Å². The van der Waals surface area contributed by atoms with Crippen molar-refractivity contribution in [2.24, 2.45) is 0 Å². The lowest BCUT2D eigenvalue weighted by molar-refractivity contribution is 0.394. The Morgan fingerprint density at radius 3 is 2.84 bits per heavy atom. The molecule has 2 aromatic heterocycles. The monoisotopic (exact) mass is 274 g/mol. The van der Waals surface area contributed by atoms with E-state index in [1.807, 2.05) is 0 Å². The summed E-state index contributed by atoms with van der Waals surface area (Å²) < 4.78 is 5.43. The van der Waals surface area contributed by atoms with Crippen molar-refractivity contribution in [3.63, 3.8) is 0 Å². The molecule has 4 heteroatoms. The first-order valence-electron chi connectivity index (χ1n) is 6.84. The van der Waals surface area contributed by atoms with Crippen LogP contribution in [-0.4, -0.2) is 17.1 Å². The molecule has 0 N–H and O–H groups in total. The first-order chi connectivity index (χ1) is 9.28. The summed E-state index contributed by atoms with van der Waals surface area (Å²) in [7, 11) is 1.68. The standard InChI is InChI=1S/C15H15ClN2O/c1-19-15-10(8-5-6-8)7-12-14(18-15)13(16)9-3-2-4-11(9)17-12/h7-8H,2-6H2,1H3. The largest absolute Gasteiger partial charge is 0.481 e. The molecule has 2 aromatic rings. The van der Waals surface area contributed by atoms with Crippen LogP contribution < -0.4 is 4.74 Å². The molecule has 0 aliphatic heterocycles. The minimum absolute atomic E-state index is 0.598. The smallest absolute Gasteiger partial charge is 0.217 e. The molecular formula is C15H15ClN2O. The summed E-state index contributed by atoms with van der Waals surface area (Å²) in [5.41, 5.74) is 5.25. The molecule has 0 bridgehead atoms. The molecule has 3 nitrogen and oxygen atoms in total. The summed E-state index contributed by atoms with van der Waals surface area (Å²) in [6, 6.07) is 2.13. The number of aromatic nitrogens is 2. The minimum atomic E-state index is 0.598. The van der Waals surface area contributed by atoms with Crippen LogP contribution in [0.15, 0.2) is 6.07 Å². The zero-order valence-electron chi connectivity index (χ0n) is 10.9. The highest BCUT2D eigenvalue weighted by Gasteiger charge is 2.29. The molecule has 2 aliphatic rings. The fourth-order valence-electron chi connectivity index (χ4n) is 2.97. The number of fused-ring (bicyclic) bond motifs is 2. The van der Waals surface area contributed by atoms with Crippen LogP contribution in [0.5, 0.6) is 5.88 Å². The van der Waals surface area contributed by atoms with Crippen LogP contribution >= 0.6 is 11.6 Å². The average molecular weight is 275 g/mol. The van der Waals surface area contributed by atoms with Crippen molar-refractivity contribution in [2.75, 3.05) is 7.11 Å². The lowest BCUT2D eigenvalue weighted by Gasteiger charge is -2.11. The third-order valence-corrected chi connectivity index (χ3v) is 4.53. The average Bonchev–Trinajstić information content (AvgIpc) is 3.16. The number of pyridine rings is 2. The van der Waals surface area contributed by atoms with Gasteiger partial charge in [0.15, 0.2) is 0 Å². The fourth-order valence-corrected chi connectivity index (χ4v) is 3.32. The predicted octanol–water partition coefficient (Wildman–Crippen LogP) is 3.66. The Labute approximate surface area is 117 Å². The van der Waals surface area contributed by atoms with Crippen LogP contribution in [0.1, 0.15) is 42.0 Å². The summed E-state index contributed by atoms with van der Waals surface area (Å²) in [5.74, 6) is 1.32. The lowest BCUT2D eigenvalue weighted by Crippen LogP contribution is -1.99. The summed E-state index contributed by atoms with van der Waals surface area (Å²) in [6.45, 7) is 0. The van der Waals surface area contributed by atoms with E-state index in [-0.39, 0.29) is 0 Å². The van der Waals surface area contributed by atoms with Crippen LogP contribution in [0.25, 0.3) is 11.0 Å². The molecule has 0 saturated heterocycles. The van der Waals surface area contributed by atoms with Gasteiger partial charge >= 0.3 is 0 Å². The van der Waals surface area contributed by atoms with Gasteiger partial charge in [0, 0.05) is 11.3 Å². The molecule has 2 heterocycles. The van der Waals surface area contributed by atoms with Crippen LogP contribution in [0.3, 0.4) is 0 Å². The number of halogens is 1. The van der Waals surface area contributed by atoms with Gasteiger partial charge in [0.25, 0.3) is 0 Å². The highest BCUT2D eigenvalue weighted by molar-refractivity contribution is 6.35. The fraction of sp³-hybridized carbons (Fsp3) is 0.467. The summed E-state index contributed by atoms with van der Waals surface area (Å²) in [4.78, 5) is 9.38. The Hall–Kier alpha value is -1.35. The van der Waals surface area contributed by atoms with E-state index < -0.39 is 0 Å². The Morgan fingerprint density at radius 1 is 1.26 bits per heavy atom. The van der Waals surface area contributed by atoms with Crippen molar-refractivity contribution in [1.82, 2.24) is 9.97 Å². The summed E-state index contributed by atoms with van der Waals surface area (Å²) in [5, 5.41) is 0.776. The van der Waals surface area contributed by atoms with E-state index in [2.05, 4.69) is 11.1 Å². The van der Waals surface area contributed by atoms with Gasteiger partial charge in [0.05, 0.1) is 17.6 Å². The Morgan fingerprint density at radius 2 is 2.11 bits per heavy atom. The zero-order chi connectivity index (χ0) is 13.0. The van der Waals surface area contributed by atoms with Crippen molar-refractivity contribution in [3.8, 4) is 5.88 Å². The third kappa shape index (κ3) is 1.71.